The van der Waals surface area contributed by atoms with Crippen molar-refractivity contribution in [3.63, 3.8) is 0 Å². The second-order valence-corrected chi connectivity index (χ2v) is 6.06. The molecule has 0 spiro atoms. The molecule has 3 aromatic rings. The number of aryl methyl sites for hydroxylation is 1. The molecule has 25 heavy (non-hydrogen) atoms. The molecule has 0 unspecified atom stereocenters. The summed E-state index contributed by atoms with van der Waals surface area (Å²) in [5, 5.41) is 4.99. The molecule has 1 aromatic carbocycles. The largest absolute Gasteiger partial charge is 0.347 e. The highest BCUT2D eigenvalue weighted by atomic mass is 19.3. The lowest BCUT2D eigenvalue weighted by Gasteiger charge is -2.28. The fourth-order valence-corrected chi connectivity index (χ4v) is 3.14. The normalized spacial score (nSPS) is 14.3. The van der Waals surface area contributed by atoms with Gasteiger partial charge in [0.1, 0.15) is 18.7 Å². The number of rotatable bonds is 3. The molecule has 0 atom stereocenters. The summed E-state index contributed by atoms with van der Waals surface area (Å²) in [5.74, 6) is 1.23. The van der Waals surface area contributed by atoms with Gasteiger partial charge in [-0.15, -0.1) is 0 Å². The van der Waals surface area contributed by atoms with Gasteiger partial charge in [-0.25, -0.2) is 28.2 Å². The van der Waals surface area contributed by atoms with E-state index in [9.17, 15) is 13.6 Å². The summed E-state index contributed by atoms with van der Waals surface area (Å²) in [5.41, 5.74) is 1.44. The van der Waals surface area contributed by atoms with E-state index in [1.165, 1.54) is 10.9 Å². The molecule has 7 nitrogen and oxygen atoms in total. The van der Waals surface area contributed by atoms with Crippen LogP contribution < -0.4 is 10.6 Å². The second kappa shape index (κ2) is 5.91. The molecule has 130 valence electrons. The SMILES string of the molecule is Cc1ccc2ncnc(N3CCn4c(nn(CC(F)F)c4=O)C3)c2c1. The second-order valence-electron chi connectivity index (χ2n) is 6.06. The van der Waals surface area contributed by atoms with Gasteiger partial charge in [-0.1, -0.05) is 11.6 Å². The Kier molecular flexibility index (Phi) is 3.70. The Morgan fingerprint density at radius 1 is 1.24 bits per heavy atom. The van der Waals surface area contributed by atoms with Crippen LogP contribution in [0.5, 0.6) is 0 Å². The molecule has 0 radical (unpaired) electrons. The molecular weight excluding hydrogens is 330 g/mol. The van der Waals surface area contributed by atoms with Crippen molar-refractivity contribution in [2.24, 2.45) is 0 Å². The molecule has 2 aromatic heterocycles. The van der Waals surface area contributed by atoms with Crippen LogP contribution in [-0.4, -0.2) is 37.3 Å². The maximum atomic E-state index is 12.6. The van der Waals surface area contributed by atoms with Gasteiger partial charge in [0.05, 0.1) is 12.1 Å². The Bertz CT molecular complexity index is 996. The van der Waals surface area contributed by atoms with Crippen LogP contribution in [0.4, 0.5) is 14.6 Å². The summed E-state index contributed by atoms with van der Waals surface area (Å²) in [6.45, 7) is 2.58. The van der Waals surface area contributed by atoms with Gasteiger partial charge in [0.25, 0.3) is 6.43 Å². The van der Waals surface area contributed by atoms with E-state index in [1.807, 2.05) is 30.0 Å². The molecular formula is C16H16F2N6O. The molecule has 1 aliphatic heterocycles. The van der Waals surface area contributed by atoms with E-state index in [1.54, 1.807) is 0 Å². The topological polar surface area (TPSA) is 68.8 Å². The van der Waals surface area contributed by atoms with Crippen molar-refractivity contribution in [2.45, 2.75) is 33.0 Å². The standard InChI is InChI=1S/C16H16F2N6O/c1-10-2-3-12-11(6-10)15(20-9-19-12)22-4-5-23-14(8-22)21-24(16(23)25)7-13(17)18/h2-3,6,9,13H,4-5,7-8H2,1H3. The summed E-state index contributed by atoms with van der Waals surface area (Å²) >= 11 is 0. The highest BCUT2D eigenvalue weighted by Gasteiger charge is 2.24. The average molecular weight is 346 g/mol. The fourth-order valence-electron chi connectivity index (χ4n) is 3.14. The maximum Gasteiger partial charge on any atom is 0.346 e. The smallest absolute Gasteiger partial charge is 0.346 e. The number of hydrogen-bond acceptors (Lipinski definition) is 5. The number of benzene rings is 1. The number of aromatic nitrogens is 5. The Morgan fingerprint density at radius 3 is 2.88 bits per heavy atom. The minimum absolute atomic E-state index is 0.339. The van der Waals surface area contributed by atoms with Gasteiger partial charge in [-0.05, 0) is 19.1 Å². The molecule has 9 heteroatoms. The third-order valence-corrected chi connectivity index (χ3v) is 4.31. The summed E-state index contributed by atoms with van der Waals surface area (Å²) in [6, 6.07) is 5.94. The summed E-state index contributed by atoms with van der Waals surface area (Å²) in [6.07, 6.45) is -1.11. The zero-order valence-corrected chi connectivity index (χ0v) is 13.6. The number of alkyl halides is 2. The molecule has 0 amide bonds. The van der Waals surface area contributed by atoms with E-state index in [-0.39, 0.29) is 0 Å². The van der Waals surface area contributed by atoms with Gasteiger partial charge < -0.3 is 4.90 Å². The first kappa shape index (κ1) is 15.7. The molecule has 0 N–H and O–H groups in total. The number of anilines is 1. The lowest BCUT2D eigenvalue weighted by Crippen LogP contribution is -2.38. The minimum atomic E-state index is -2.61. The Hall–Kier alpha value is -2.84. The quantitative estimate of drug-likeness (QED) is 0.720. The molecule has 0 saturated heterocycles. The Balaban J connectivity index is 1.72. The molecule has 0 bridgehead atoms. The van der Waals surface area contributed by atoms with Gasteiger partial charge in [0.15, 0.2) is 5.82 Å². The first-order valence-electron chi connectivity index (χ1n) is 7.94. The lowest BCUT2D eigenvalue weighted by atomic mass is 10.1. The van der Waals surface area contributed by atoms with Gasteiger partial charge in [-0.2, -0.15) is 5.10 Å². The van der Waals surface area contributed by atoms with Gasteiger partial charge >= 0.3 is 5.69 Å². The maximum absolute atomic E-state index is 12.6. The highest BCUT2D eigenvalue weighted by molar-refractivity contribution is 5.89. The van der Waals surface area contributed by atoms with Gasteiger partial charge in [-0.3, -0.25) is 4.57 Å². The highest BCUT2D eigenvalue weighted by Crippen LogP contribution is 2.26. The Morgan fingerprint density at radius 2 is 2.08 bits per heavy atom. The third-order valence-electron chi connectivity index (χ3n) is 4.31. The van der Waals surface area contributed by atoms with Crippen LogP contribution in [0.25, 0.3) is 10.9 Å². The van der Waals surface area contributed by atoms with Crippen LogP contribution >= 0.6 is 0 Å². The van der Waals surface area contributed by atoms with Crippen molar-refractivity contribution in [2.75, 3.05) is 11.4 Å². The van der Waals surface area contributed by atoms with Crippen molar-refractivity contribution in [3.8, 4) is 0 Å². The summed E-state index contributed by atoms with van der Waals surface area (Å²) < 4.78 is 27.5. The molecule has 0 aliphatic carbocycles. The van der Waals surface area contributed by atoms with Gasteiger partial charge in [0, 0.05) is 18.5 Å². The first-order valence-corrected chi connectivity index (χ1v) is 7.94. The van der Waals surface area contributed by atoms with Crippen LogP contribution in [0, 0.1) is 6.92 Å². The molecule has 3 heterocycles. The first-order chi connectivity index (χ1) is 12.0. The number of hydrogen-bond donors (Lipinski definition) is 0. The van der Waals surface area contributed by atoms with E-state index < -0.39 is 18.7 Å². The van der Waals surface area contributed by atoms with Crippen LogP contribution in [0.3, 0.4) is 0 Å². The number of fused-ring (bicyclic) bond motifs is 2. The van der Waals surface area contributed by atoms with Crippen LogP contribution in [0.1, 0.15) is 11.4 Å². The van der Waals surface area contributed by atoms with Crippen molar-refractivity contribution in [1.29, 1.82) is 0 Å². The van der Waals surface area contributed by atoms with E-state index in [0.717, 1.165) is 27.0 Å². The summed E-state index contributed by atoms with van der Waals surface area (Å²) in [7, 11) is 0. The van der Waals surface area contributed by atoms with E-state index >= 15 is 0 Å². The molecule has 4 rings (SSSR count). The van der Waals surface area contributed by atoms with Crippen molar-refractivity contribution in [3.05, 3.63) is 46.4 Å². The van der Waals surface area contributed by atoms with E-state index in [4.69, 9.17) is 0 Å². The number of nitrogens with zero attached hydrogens (tertiary/aromatic N) is 6. The minimum Gasteiger partial charge on any atom is -0.347 e. The summed E-state index contributed by atoms with van der Waals surface area (Å²) in [4.78, 5) is 22.8. The molecule has 0 fully saturated rings. The third kappa shape index (κ3) is 2.75. The van der Waals surface area contributed by atoms with E-state index in [2.05, 4.69) is 15.1 Å². The zero-order chi connectivity index (χ0) is 17.6. The lowest BCUT2D eigenvalue weighted by molar-refractivity contribution is 0.120. The van der Waals surface area contributed by atoms with Crippen LogP contribution in [0.15, 0.2) is 29.3 Å². The molecule has 0 saturated carbocycles. The fraction of sp³-hybridized carbons (Fsp3) is 0.375. The van der Waals surface area contributed by atoms with Crippen molar-refractivity contribution < 1.29 is 8.78 Å². The van der Waals surface area contributed by atoms with E-state index in [0.29, 0.717) is 25.5 Å². The van der Waals surface area contributed by atoms with Crippen LogP contribution in [-0.2, 0) is 19.6 Å². The monoisotopic (exact) mass is 346 g/mol. The molecule has 1 aliphatic rings. The van der Waals surface area contributed by atoms with Gasteiger partial charge in [0.2, 0.25) is 0 Å². The number of halogens is 2. The van der Waals surface area contributed by atoms with Crippen molar-refractivity contribution in [1.82, 2.24) is 24.3 Å². The zero-order valence-electron chi connectivity index (χ0n) is 13.6. The predicted molar refractivity (Wildman–Crippen MR) is 87.8 cm³/mol. The average Bonchev–Trinajstić information content (AvgIpc) is 2.89. The van der Waals surface area contributed by atoms with Crippen molar-refractivity contribution >= 4 is 16.7 Å². The Labute approximate surface area is 141 Å². The predicted octanol–water partition coefficient (Wildman–Crippen LogP) is 1.58. The van der Waals surface area contributed by atoms with Crippen LogP contribution in [0.2, 0.25) is 0 Å².